The standard InChI is InChI=1S/C15H21F2NOSSi/c1-15(2,3)21(4,5)19-9-14(18-10-20)11-6-12(16)8-13(17)7-11/h6-8,14H,9H2,1-5H3. The Morgan fingerprint density at radius 3 is 2.19 bits per heavy atom. The van der Waals surface area contributed by atoms with E-state index in [1.54, 1.807) is 0 Å². The van der Waals surface area contributed by atoms with E-state index in [4.69, 9.17) is 4.43 Å². The van der Waals surface area contributed by atoms with Gasteiger partial charge in [0.15, 0.2) is 8.32 Å². The van der Waals surface area contributed by atoms with Gasteiger partial charge in [0.1, 0.15) is 17.7 Å². The van der Waals surface area contributed by atoms with Gasteiger partial charge in [-0.05, 0) is 48.0 Å². The maximum absolute atomic E-state index is 13.3. The fourth-order valence-corrected chi connectivity index (χ4v) is 2.68. The van der Waals surface area contributed by atoms with Crippen molar-refractivity contribution in [2.45, 2.75) is 44.9 Å². The van der Waals surface area contributed by atoms with Gasteiger partial charge in [0.05, 0.1) is 11.8 Å². The zero-order valence-electron chi connectivity index (χ0n) is 13.0. The Balaban J connectivity index is 2.96. The molecule has 6 heteroatoms. The molecule has 0 aliphatic heterocycles. The maximum atomic E-state index is 13.3. The summed E-state index contributed by atoms with van der Waals surface area (Å²) in [4.78, 5) is 3.99. The Morgan fingerprint density at radius 1 is 1.24 bits per heavy atom. The van der Waals surface area contributed by atoms with Crippen molar-refractivity contribution >= 4 is 25.7 Å². The SMILES string of the molecule is CC(C)(C)[Si](C)(C)OCC(N=C=S)c1cc(F)cc(F)c1. The van der Waals surface area contributed by atoms with E-state index in [1.807, 2.05) is 0 Å². The highest BCUT2D eigenvalue weighted by Crippen LogP contribution is 2.37. The van der Waals surface area contributed by atoms with Crippen LogP contribution in [0.5, 0.6) is 0 Å². The first-order chi connectivity index (χ1) is 9.56. The maximum Gasteiger partial charge on any atom is 0.192 e. The number of thiocarbonyl (C=S) groups is 1. The molecule has 0 aliphatic rings. The van der Waals surface area contributed by atoms with Crippen LogP contribution in [0.2, 0.25) is 18.1 Å². The van der Waals surface area contributed by atoms with Gasteiger partial charge >= 0.3 is 0 Å². The summed E-state index contributed by atoms with van der Waals surface area (Å²) in [6.45, 7) is 10.8. The van der Waals surface area contributed by atoms with Gasteiger partial charge < -0.3 is 4.43 Å². The molecule has 0 radical (unpaired) electrons. The molecule has 1 aromatic carbocycles. The van der Waals surface area contributed by atoms with Crippen LogP contribution in [-0.4, -0.2) is 20.1 Å². The molecular formula is C15H21F2NOSSi. The van der Waals surface area contributed by atoms with Crippen molar-refractivity contribution in [2.24, 2.45) is 4.99 Å². The van der Waals surface area contributed by atoms with Crippen LogP contribution in [0.15, 0.2) is 23.2 Å². The topological polar surface area (TPSA) is 21.6 Å². The summed E-state index contributed by atoms with van der Waals surface area (Å²) in [6, 6.07) is 2.79. The van der Waals surface area contributed by atoms with Gasteiger partial charge in [-0.15, -0.1) is 0 Å². The van der Waals surface area contributed by atoms with Crippen LogP contribution < -0.4 is 0 Å². The number of nitrogens with zero attached hydrogens (tertiary/aromatic N) is 1. The van der Waals surface area contributed by atoms with Crippen LogP contribution in [-0.2, 0) is 4.43 Å². The Bertz CT molecular complexity index is 531. The third-order valence-corrected chi connectivity index (χ3v) is 8.49. The zero-order chi connectivity index (χ0) is 16.3. The Kier molecular flexibility index (Phi) is 5.93. The van der Waals surface area contributed by atoms with Gasteiger partial charge in [-0.3, -0.25) is 0 Å². The lowest BCUT2D eigenvalue weighted by Gasteiger charge is -2.36. The Labute approximate surface area is 131 Å². The van der Waals surface area contributed by atoms with E-state index in [-0.39, 0.29) is 11.6 Å². The summed E-state index contributed by atoms with van der Waals surface area (Å²) in [5, 5.41) is 2.33. The Morgan fingerprint density at radius 2 is 1.76 bits per heavy atom. The smallest absolute Gasteiger partial charge is 0.192 e. The zero-order valence-corrected chi connectivity index (χ0v) is 14.9. The van der Waals surface area contributed by atoms with Crippen molar-refractivity contribution in [3.05, 3.63) is 35.4 Å². The third kappa shape index (κ3) is 5.07. The second-order valence-electron chi connectivity index (χ2n) is 6.51. The molecule has 0 N–H and O–H groups in total. The van der Waals surface area contributed by atoms with Gasteiger partial charge in [0, 0.05) is 6.07 Å². The number of benzene rings is 1. The van der Waals surface area contributed by atoms with Crippen molar-refractivity contribution in [1.82, 2.24) is 0 Å². The van der Waals surface area contributed by atoms with Crippen LogP contribution >= 0.6 is 12.2 Å². The molecule has 0 amide bonds. The van der Waals surface area contributed by atoms with Crippen LogP contribution in [0.3, 0.4) is 0 Å². The molecule has 0 heterocycles. The second kappa shape index (κ2) is 6.88. The minimum Gasteiger partial charge on any atom is -0.414 e. The molecule has 1 unspecified atom stereocenters. The van der Waals surface area contributed by atoms with E-state index in [1.165, 1.54) is 12.1 Å². The van der Waals surface area contributed by atoms with E-state index >= 15 is 0 Å². The summed E-state index contributed by atoms with van der Waals surface area (Å²) in [5.41, 5.74) is 0.406. The summed E-state index contributed by atoms with van der Waals surface area (Å²) < 4.78 is 32.7. The summed E-state index contributed by atoms with van der Waals surface area (Å²) >= 11 is 4.63. The van der Waals surface area contributed by atoms with Crippen molar-refractivity contribution in [3.8, 4) is 0 Å². The predicted octanol–water partition coefficient (Wildman–Crippen LogP) is 5.13. The van der Waals surface area contributed by atoms with Crippen LogP contribution in [0.1, 0.15) is 32.4 Å². The first-order valence-corrected chi connectivity index (χ1v) is 10.1. The summed E-state index contributed by atoms with van der Waals surface area (Å²) in [6.07, 6.45) is 0. The molecule has 2 nitrogen and oxygen atoms in total. The van der Waals surface area contributed by atoms with E-state index in [9.17, 15) is 8.78 Å². The minimum absolute atomic E-state index is 0.0477. The first kappa shape index (κ1) is 18.1. The third-order valence-electron chi connectivity index (χ3n) is 3.89. The molecule has 21 heavy (non-hydrogen) atoms. The van der Waals surface area contributed by atoms with E-state index in [0.717, 1.165) is 6.07 Å². The summed E-state index contributed by atoms with van der Waals surface area (Å²) in [5.74, 6) is -1.27. The van der Waals surface area contributed by atoms with E-state index in [2.05, 4.69) is 56.2 Å². The van der Waals surface area contributed by atoms with E-state index < -0.39 is 26.0 Å². The minimum atomic E-state index is -1.97. The number of isothiocyanates is 1. The molecular weight excluding hydrogens is 308 g/mol. The molecule has 0 spiro atoms. The molecule has 0 fully saturated rings. The average molecular weight is 329 g/mol. The molecule has 1 aromatic rings. The monoisotopic (exact) mass is 329 g/mol. The lowest BCUT2D eigenvalue weighted by Crippen LogP contribution is -2.41. The highest BCUT2D eigenvalue weighted by atomic mass is 32.1. The number of rotatable bonds is 5. The number of hydrogen-bond acceptors (Lipinski definition) is 3. The van der Waals surface area contributed by atoms with Crippen LogP contribution in [0, 0.1) is 11.6 Å². The fraction of sp³-hybridized carbons (Fsp3) is 0.533. The highest BCUT2D eigenvalue weighted by molar-refractivity contribution is 7.78. The predicted molar refractivity (Wildman–Crippen MR) is 87.3 cm³/mol. The molecule has 1 rings (SSSR count). The van der Waals surface area contributed by atoms with Crippen LogP contribution in [0.25, 0.3) is 0 Å². The van der Waals surface area contributed by atoms with Gasteiger partial charge in [0.25, 0.3) is 0 Å². The Hall–Kier alpha value is -0.943. The van der Waals surface area contributed by atoms with Crippen molar-refractivity contribution in [3.63, 3.8) is 0 Å². The largest absolute Gasteiger partial charge is 0.414 e. The molecule has 1 atom stereocenters. The number of halogens is 2. The van der Waals surface area contributed by atoms with Crippen LogP contribution in [0.4, 0.5) is 8.78 Å². The number of aliphatic imine (C=N–C) groups is 1. The molecule has 0 bridgehead atoms. The molecule has 0 aromatic heterocycles. The van der Waals surface area contributed by atoms with Crippen molar-refractivity contribution in [1.29, 1.82) is 0 Å². The van der Waals surface area contributed by atoms with Crippen molar-refractivity contribution in [2.75, 3.05) is 6.61 Å². The van der Waals surface area contributed by atoms with E-state index in [0.29, 0.717) is 5.56 Å². The highest BCUT2D eigenvalue weighted by Gasteiger charge is 2.37. The second-order valence-corrected chi connectivity index (χ2v) is 11.5. The van der Waals surface area contributed by atoms with Gasteiger partial charge in [-0.2, -0.15) is 0 Å². The number of hydrogen-bond donors (Lipinski definition) is 0. The average Bonchev–Trinajstić information content (AvgIpc) is 2.31. The summed E-state index contributed by atoms with van der Waals surface area (Å²) in [7, 11) is -1.97. The normalized spacial score (nSPS) is 13.7. The van der Waals surface area contributed by atoms with Crippen molar-refractivity contribution < 1.29 is 13.2 Å². The lowest BCUT2D eigenvalue weighted by molar-refractivity contribution is 0.265. The lowest BCUT2D eigenvalue weighted by atomic mass is 10.1. The molecule has 0 saturated heterocycles. The fourth-order valence-electron chi connectivity index (χ4n) is 1.54. The molecule has 116 valence electrons. The molecule has 0 aliphatic carbocycles. The molecule has 0 saturated carbocycles. The van der Waals surface area contributed by atoms with Gasteiger partial charge in [0.2, 0.25) is 0 Å². The van der Waals surface area contributed by atoms with Gasteiger partial charge in [-0.25, -0.2) is 13.8 Å². The first-order valence-electron chi connectivity index (χ1n) is 6.74. The van der Waals surface area contributed by atoms with Gasteiger partial charge in [-0.1, -0.05) is 20.8 Å². The quantitative estimate of drug-likeness (QED) is 0.424.